The molecule has 0 aliphatic carbocycles. The van der Waals surface area contributed by atoms with Crippen LogP contribution in [0.1, 0.15) is 28.9 Å². The second-order valence-electron chi connectivity index (χ2n) is 5.25. The summed E-state index contributed by atoms with van der Waals surface area (Å²) in [6.07, 6.45) is 6.60. The van der Waals surface area contributed by atoms with Crippen LogP contribution < -0.4 is 4.74 Å². The normalized spacial score (nSPS) is 16.7. The van der Waals surface area contributed by atoms with Crippen LogP contribution in [-0.4, -0.2) is 35.0 Å². The molecule has 1 aliphatic rings. The average molecular weight is 454 g/mol. The number of carbonyl (C=O) groups excluding carboxylic acids is 1. The van der Waals surface area contributed by atoms with E-state index in [0.29, 0.717) is 6.61 Å². The van der Waals surface area contributed by atoms with Crippen molar-refractivity contribution in [2.24, 2.45) is 0 Å². The molecule has 0 N–H and O–H groups in total. The van der Waals surface area contributed by atoms with Crippen molar-refractivity contribution in [3.8, 4) is 5.75 Å². The molecule has 1 saturated heterocycles. The van der Waals surface area contributed by atoms with Gasteiger partial charge in [0.2, 0.25) is 0 Å². The van der Waals surface area contributed by atoms with E-state index < -0.39 is 0 Å². The summed E-state index contributed by atoms with van der Waals surface area (Å²) < 4.78 is 6.79. The molecule has 0 bridgehead atoms. The van der Waals surface area contributed by atoms with Crippen LogP contribution in [0.5, 0.6) is 5.75 Å². The maximum atomic E-state index is 12.7. The standard InChI is InChI=1S/C16H17BrN2O2S.2ClH/c17-15-7-6-14(22-15)16(20)19-9-2-1-4-12(19)11-21-13-5-3-8-18-10-13;;/h3,5-8,10,12H,1-2,4,9,11H2;2*1H. The van der Waals surface area contributed by atoms with Crippen molar-refractivity contribution < 1.29 is 9.53 Å². The zero-order valence-corrected chi connectivity index (χ0v) is 16.9. The first kappa shape index (κ1) is 21.2. The lowest BCUT2D eigenvalue weighted by atomic mass is 10.0. The topological polar surface area (TPSA) is 42.4 Å². The third-order valence-electron chi connectivity index (χ3n) is 3.75. The highest BCUT2D eigenvalue weighted by Gasteiger charge is 2.28. The number of hydrogen-bond donors (Lipinski definition) is 0. The van der Waals surface area contributed by atoms with Crippen LogP contribution in [-0.2, 0) is 0 Å². The third-order valence-corrected chi connectivity index (χ3v) is 5.36. The Bertz CT molecular complexity index is 642. The summed E-state index contributed by atoms with van der Waals surface area (Å²) in [5.74, 6) is 0.856. The van der Waals surface area contributed by atoms with E-state index in [1.807, 2.05) is 29.2 Å². The molecule has 132 valence electrons. The molecule has 2 aromatic heterocycles. The fourth-order valence-corrected chi connectivity index (χ4v) is 3.98. The number of rotatable bonds is 4. The Morgan fingerprint density at radius 3 is 2.83 bits per heavy atom. The van der Waals surface area contributed by atoms with Gasteiger partial charge in [-0.2, -0.15) is 0 Å². The number of pyridine rings is 1. The maximum Gasteiger partial charge on any atom is 0.264 e. The van der Waals surface area contributed by atoms with Gasteiger partial charge in [-0.15, -0.1) is 36.2 Å². The van der Waals surface area contributed by atoms with Gasteiger partial charge >= 0.3 is 0 Å². The summed E-state index contributed by atoms with van der Waals surface area (Å²) in [4.78, 5) is 19.5. The van der Waals surface area contributed by atoms with Gasteiger partial charge in [-0.3, -0.25) is 9.78 Å². The Hall–Kier alpha value is -0.820. The van der Waals surface area contributed by atoms with E-state index in [1.54, 1.807) is 12.4 Å². The predicted octanol–water partition coefficient (Wildman–Crippen LogP) is 4.82. The van der Waals surface area contributed by atoms with Crippen molar-refractivity contribution in [3.05, 3.63) is 45.3 Å². The summed E-state index contributed by atoms with van der Waals surface area (Å²) in [5, 5.41) is 0. The molecule has 3 heterocycles. The maximum absolute atomic E-state index is 12.7. The highest BCUT2D eigenvalue weighted by atomic mass is 79.9. The van der Waals surface area contributed by atoms with Crippen molar-refractivity contribution in [2.45, 2.75) is 25.3 Å². The van der Waals surface area contributed by atoms with Gasteiger partial charge in [0.15, 0.2) is 0 Å². The molecule has 1 atom stereocenters. The van der Waals surface area contributed by atoms with E-state index >= 15 is 0 Å². The first-order valence-corrected chi connectivity index (χ1v) is 8.94. The van der Waals surface area contributed by atoms with E-state index in [2.05, 4.69) is 20.9 Å². The molecule has 0 saturated carbocycles. The molecule has 1 unspecified atom stereocenters. The van der Waals surface area contributed by atoms with Gasteiger partial charge in [-0.1, -0.05) is 0 Å². The van der Waals surface area contributed by atoms with Gasteiger partial charge in [0.25, 0.3) is 5.91 Å². The van der Waals surface area contributed by atoms with Crippen LogP contribution in [0.3, 0.4) is 0 Å². The Morgan fingerprint density at radius 1 is 1.33 bits per heavy atom. The van der Waals surface area contributed by atoms with Crippen LogP contribution >= 0.6 is 52.1 Å². The van der Waals surface area contributed by atoms with E-state index in [0.717, 1.165) is 40.2 Å². The van der Waals surface area contributed by atoms with Crippen molar-refractivity contribution in [1.82, 2.24) is 9.88 Å². The lowest BCUT2D eigenvalue weighted by Gasteiger charge is -2.35. The number of piperidine rings is 1. The Labute approximate surface area is 166 Å². The molecule has 0 aromatic carbocycles. The van der Waals surface area contributed by atoms with Gasteiger partial charge in [0.1, 0.15) is 12.4 Å². The van der Waals surface area contributed by atoms with Gasteiger partial charge < -0.3 is 9.64 Å². The van der Waals surface area contributed by atoms with Gasteiger partial charge in [-0.05, 0) is 59.5 Å². The van der Waals surface area contributed by atoms with Crippen LogP contribution in [0, 0.1) is 0 Å². The van der Waals surface area contributed by atoms with E-state index in [-0.39, 0.29) is 36.8 Å². The van der Waals surface area contributed by atoms with E-state index in [1.165, 1.54) is 11.3 Å². The SMILES string of the molecule is Cl.Cl.O=C(c1ccc(Br)s1)N1CCCCC1COc1cccnc1. The van der Waals surface area contributed by atoms with Gasteiger partial charge in [-0.25, -0.2) is 0 Å². The van der Waals surface area contributed by atoms with Gasteiger partial charge in [0.05, 0.1) is 20.9 Å². The zero-order chi connectivity index (χ0) is 15.4. The van der Waals surface area contributed by atoms with Crippen molar-refractivity contribution in [2.75, 3.05) is 13.2 Å². The average Bonchev–Trinajstić information content (AvgIpc) is 3.00. The van der Waals surface area contributed by atoms with E-state index in [4.69, 9.17) is 4.74 Å². The molecule has 1 fully saturated rings. The van der Waals surface area contributed by atoms with Crippen LogP contribution in [0.15, 0.2) is 40.4 Å². The van der Waals surface area contributed by atoms with Gasteiger partial charge in [0, 0.05) is 12.7 Å². The molecule has 0 spiro atoms. The van der Waals surface area contributed by atoms with Crippen LogP contribution in [0.2, 0.25) is 0 Å². The Morgan fingerprint density at radius 2 is 2.17 bits per heavy atom. The van der Waals surface area contributed by atoms with Crippen molar-refractivity contribution >= 4 is 58.0 Å². The zero-order valence-electron chi connectivity index (χ0n) is 12.9. The highest BCUT2D eigenvalue weighted by Crippen LogP contribution is 2.26. The Kier molecular flexibility index (Phi) is 9.05. The number of hydrogen-bond acceptors (Lipinski definition) is 4. The number of likely N-dealkylation sites (tertiary alicyclic amines) is 1. The van der Waals surface area contributed by atoms with Crippen molar-refractivity contribution in [3.63, 3.8) is 0 Å². The Balaban J connectivity index is 0.00000144. The number of amides is 1. The molecular formula is C16H19BrCl2N2O2S. The minimum absolute atomic E-state index is 0. The fraction of sp³-hybridized carbons (Fsp3) is 0.375. The summed E-state index contributed by atoms with van der Waals surface area (Å²) in [6.45, 7) is 1.32. The molecular weight excluding hydrogens is 435 g/mol. The summed E-state index contributed by atoms with van der Waals surface area (Å²) in [5.41, 5.74) is 0. The molecule has 8 heteroatoms. The number of carbonyl (C=O) groups is 1. The second kappa shape index (κ2) is 10.2. The smallest absolute Gasteiger partial charge is 0.264 e. The largest absolute Gasteiger partial charge is 0.490 e. The number of ether oxygens (including phenoxy) is 1. The third kappa shape index (κ3) is 5.34. The molecule has 3 rings (SSSR count). The van der Waals surface area contributed by atoms with E-state index in [9.17, 15) is 4.79 Å². The molecule has 1 amide bonds. The van der Waals surface area contributed by atoms with Crippen LogP contribution in [0.4, 0.5) is 0 Å². The minimum atomic E-state index is 0. The summed E-state index contributed by atoms with van der Waals surface area (Å²) in [7, 11) is 0. The number of nitrogens with zero attached hydrogens (tertiary/aromatic N) is 2. The quantitative estimate of drug-likeness (QED) is 0.666. The minimum Gasteiger partial charge on any atom is -0.490 e. The highest BCUT2D eigenvalue weighted by molar-refractivity contribution is 9.11. The molecule has 24 heavy (non-hydrogen) atoms. The lowest BCUT2D eigenvalue weighted by molar-refractivity contribution is 0.0533. The molecule has 1 aliphatic heterocycles. The number of aromatic nitrogens is 1. The fourth-order valence-electron chi connectivity index (χ4n) is 2.64. The second-order valence-corrected chi connectivity index (χ2v) is 7.71. The monoisotopic (exact) mass is 452 g/mol. The molecule has 4 nitrogen and oxygen atoms in total. The first-order valence-electron chi connectivity index (χ1n) is 7.33. The molecule has 0 radical (unpaired) electrons. The number of halogens is 3. The lowest BCUT2D eigenvalue weighted by Crippen LogP contribution is -2.46. The summed E-state index contributed by atoms with van der Waals surface area (Å²) in [6, 6.07) is 7.66. The summed E-state index contributed by atoms with van der Waals surface area (Å²) >= 11 is 4.90. The number of thiophene rings is 1. The predicted molar refractivity (Wildman–Crippen MR) is 105 cm³/mol. The van der Waals surface area contributed by atoms with Crippen LogP contribution in [0.25, 0.3) is 0 Å². The molecule has 2 aromatic rings. The first-order chi connectivity index (χ1) is 10.7. The van der Waals surface area contributed by atoms with Crippen molar-refractivity contribution in [1.29, 1.82) is 0 Å².